The number of likely N-dealkylation sites (tertiary alicyclic amines) is 1. The zero-order valence-electron chi connectivity index (χ0n) is 9.17. The molecule has 14 heavy (non-hydrogen) atoms. The molecule has 0 spiro atoms. The molecule has 0 aromatic heterocycles. The topological polar surface area (TPSA) is 20.3 Å². The Balaban J connectivity index is 2.40. The van der Waals surface area contributed by atoms with E-state index in [0.29, 0.717) is 0 Å². The smallest absolute Gasteiger partial charge is 0.245 e. The first-order valence-corrected chi connectivity index (χ1v) is 5.69. The van der Waals surface area contributed by atoms with Gasteiger partial charge in [-0.2, -0.15) is 0 Å². The van der Waals surface area contributed by atoms with Crippen LogP contribution in [-0.2, 0) is 4.79 Å². The van der Waals surface area contributed by atoms with Crippen molar-refractivity contribution in [3.63, 3.8) is 0 Å². The van der Waals surface area contributed by atoms with Gasteiger partial charge >= 0.3 is 0 Å². The highest BCUT2D eigenvalue weighted by Gasteiger charge is 2.18. The molecule has 1 unspecified atom stereocenters. The number of amides is 1. The maximum atomic E-state index is 11.4. The summed E-state index contributed by atoms with van der Waals surface area (Å²) < 4.78 is 0. The predicted molar refractivity (Wildman–Crippen MR) is 59.0 cm³/mol. The maximum absolute atomic E-state index is 11.4. The molecule has 1 fully saturated rings. The predicted octanol–water partition coefficient (Wildman–Crippen LogP) is 2.60. The Morgan fingerprint density at radius 3 is 2.93 bits per heavy atom. The second kappa shape index (κ2) is 5.84. The van der Waals surface area contributed by atoms with Crippen molar-refractivity contribution in [2.45, 2.75) is 39.0 Å². The van der Waals surface area contributed by atoms with E-state index >= 15 is 0 Å². The fourth-order valence-electron chi connectivity index (χ4n) is 2.21. The van der Waals surface area contributed by atoms with Crippen LogP contribution in [0.15, 0.2) is 12.7 Å². The zero-order chi connectivity index (χ0) is 10.4. The summed E-state index contributed by atoms with van der Waals surface area (Å²) in [4.78, 5) is 13.3. The van der Waals surface area contributed by atoms with Gasteiger partial charge in [-0.3, -0.25) is 4.79 Å². The summed E-state index contributed by atoms with van der Waals surface area (Å²) in [5.74, 6) is 0.935. The van der Waals surface area contributed by atoms with E-state index in [0.717, 1.165) is 25.4 Å². The van der Waals surface area contributed by atoms with Gasteiger partial charge in [0.05, 0.1) is 0 Å². The summed E-state index contributed by atoms with van der Waals surface area (Å²) in [6.07, 6.45) is 7.63. The normalized spacial score (nSPS) is 22.9. The van der Waals surface area contributed by atoms with Crippen molar-refractivity contribution in [2.24, 2.45) is 5.92 Å². The van der Waals surface area contributed by atoms with Gasteiger partial charge in [-0.25, -0.2) is 0 Å². The Hall–Kier alpha value is -0.790. The van der Waals surface area contributed by atoms with Crippen LogP contribution in [-0.4, -0.2) is 23.9 Å². The summed E-state index contributed by atoms with van der Waals surface area (Å²) in [5.41, 5.74) is 0. The Morgan fingerprint density at radius 2 is 2.29 bits per heavy atom. The molecule has 0 aliphatic carbocycles. The maximum Gasteiger partial charge on any atom is 0.245 e. The molecule has 2 nitrogen and oxygen atoms in total. The second-order valence-corrected chi connectivity index (χ2v) is 4.12. The first-order valence-electron chi connectivity index (χ1n) is 5.69. The lowest BCUT2D eigenvalue weighted by Crippen LogP contribution is -2.30. The third kappa shape index (κ3) is 3.17. The van der Waals surface area contributed by atoms with Gasteiger partial charge in [0.1, 0.15) is 0 Å². The highest BCUT2D eigenvalue weighted by atomic mass is 16.2. The number of carbonyl (C=O) groups is 1. The van der Waals surface area contributed by atoms with Crippen LogP contribution < -0.4 is 0 Å². The van der Waals surface area contributed by atoms with Crippen molar-refractivity contribution in [2.75, 3.05) is 13.1 Å². The minimum absolute atomic E-state index is 0.0992. The van der Waals surface area contributed by atoms with Crippen molar-refractivity contribution in [1.82, 2.24) is 4.90 Å². The summed E-state index contributed by atoms with van der Waals surface area (Å²) in [6, 6.07) is 0. The SMILES string of the molecule is C=CC(=O)N1CCCC(CCC)CC1. The molecule has 0 aromatic rings. The monoisotopic (exact) mass is 195 g/mol. The van der Waals surface area contributed by atoms with Crippen LogP contribution >= 0.6 is 0 Å². The van der Waals surface area contributed by atoms with E-state index in [1.54, 1.807) is 0 Å². The van der Waals surface area contributed by atoms with Gasteiger partial charge < -0.3 is 4.90 Å². The van der Waals surface area contributed by atoms with E-state index in [4.69, 9.17) is 0 Å². The molecule has 1 rings (SSSR count). The number of hydrogen-bond donors (Lipinski definition) is 0. The molecular formula is C12H21NO. The molecule has 0 aromatic carbocycles. The largest absolute Gasteiger partial charge is 0.339 e. The third-order valence-electron chi connectivity index (χ3n) is 3.03. The summed E-state index contributed by atoms with van der Waals surface area (Å²) >= 11 is 0. The Labute approximate surface area is 87.0 Å². The third-order valence-corrected chi connectivity index (χ3v) is 3.03. The van der Waals surface area contributed by atoms with E-state index in [-0.39, 0.29) is 5.91 Å². The number of hydrogen-bond acceptors (Lipinski definition) is 1. The number of carbonyl (C=O) groups excluding carboxylic acids is 1. The zero-order valence-corrected chi connectivity index (χ0v) is 9.17. The van der Waals surface area contributed by atoms with Crippen LogP contribution in [0.3, 0.4) is 0 Å². The summed E-state index contributed by atoms with van der Waals surface area (Å²) in [5, 5.41) is 0. The van der Waals surface area contributed by atoms with Crippen molar-refractivity contribution in [3.05, 3.63) is 12.7 Å². The molecule has 0 N–H and O–H groups in total. The summed E-state index contributed by atoms with van der Waals surface area (Å²) in [6.45, 7) is 7.61. The van der Waals surface area contributed by atoms with E-state index in [1.165, 1.54) is 31.8 Å². The van der Waals surface area contributed by atoms with Gasteiger partial charge in [0.15, 0.2) is 0 Å². The van der Waals surface area contributed by atoms with Gasteiger partial charge in [-0.1, -0.05) is 26.3 Å². The molecule has 0 saturated carbocycles. The minimum atomic E-state index is 0.0992. The lowest BCUT2D eigenvalue weighted by molar-refractivity contribution is -0.125. The number of rotatable bonds is 3. The molecule has 1 heterocycles. The van der Waals surface area contributed by atoms with Crippen molar-refractivity contribution < 1.29 is 4.79 Å². The molecule has 0 radical (unpaired) electrons. The van der Waals surface area contributed by atoms with Gasteiger partial charge in [0.2, 0.25) is 5.91 Å². The molecule has 1 saturated heterocycles. The molecule has 2 heteroatoms. The average Bonchev–Trinajstić information content (AvgIpc) is 2.43. The minimum Gasteiger partial charge on any atom is -0.339 e. The standard InChI is InChI=1S/C12H21NO/c1-3-6-11-7-5-9-13(10-8-11)12(14)4-2/h4,11H,2-3,5-10H2,1H3. The van der Waals surface area contributed by atoms with E-state index < -0.39 is 0 Å². The molecule has 1 atom stereocenters. The first kappa shape index (κ1) is 11.3. The highest BCUT2D eigenvalue weighted by molar-refractivity contribution is 5.86. The van der Waals surface area contributed by atoms with Gasteiger partial charge in [-0.15, -0.1) is 0 Å². The Morgan fingerprint density at radius 1 is 1.50 bits per heavy atom. The fourth-order valence-corrected chi connectivity index (χ4v) is 2.21. The van der Waals surface area contributed by atoms with E-state index in [2.05, 4.69) is 13.5 Å². The summed E-state index contributed by atoms with van der Waals surface area (Å²) in [7, 11) is 0. The van der Waals surface area contributed by atoms with Gasteiger partial charge in [0, 0.05) is 13.1 Å². The van der Waals surface area contributed by atoms with Crippen LogP contribution in [0, 0.1) is 5.92 Å². The van der Waals surface area contributed by atoms with Crippen molar-refractivity contribution >= 4 is 5.91 Å². The lowest BCUT2D eigenvalue weighted by atomic mass is 9.96. The van der Waals surface area contributed by atoms with Gasteiger partial charge in [0.25, 0.3) is 0 Å². The fraction of sp³-hybridized carbons (Fsp3) is 0.750. The van der Waals surface area contributed by atoms with Crippen LogP contribution in [0.4, 0.5) is 0 Å². The molecular weight excluding hydrogens is 174 g/mol. The van der Waals surface area contributed by atoms with Crippen molar-refractivity contribution in [1.29, 1.82) is 0 Å². The van der Waals surface area contributed by atoms with Crippen LogP contribution in [0.25, 0.3) is 0 Å². The quantitative estimate of drug-likeness (QED) is 0.634. The molecule has 1 amide bonds. The molecule has 80 valence electrons. The molecule has 1 aliphatic rings. The van der Waals surface area contributed by atoms with E-state index in [9.17, 15) is 4.79 Å². The Bertz CT molecular complexity index is 200. The average molecular weight is 195 g/mol. The highest BCUT2D eigenvalue weighted by Crippen LogP contribution is 2.21. The molecule has 0 bridgehead atoms. The molecule has 1 aliphatic heterocycles. The van der Waals surface area contributed by atoms with Crippen LogP contribution in [0.2, 0.25) is 0 Å². The lowest BCUT2D eigenvalue weighted by Gasteiger charge is -2.18. The first-order chi connectivity index (χ1) is 6.77. The number of nitrogens with zero attached hydrogens (tertiary/aromatic N) is 1. The van der Waals surface area contributed by atoms with Crippen molar-refractivity contribution in [3.8, 4) is 0 Å². The van der Waals surface area contributed by atoms with E-state index in [1.807, 2.05) is 4.90 Å². The van der Waals surface area contributed by atoms with Crippen LogP contribution in [0.5, 0.6) is 0 Å². The Kier molecular flexibility index (Phi) is 4.71. The second-order valence-electron chi connectivity index (χ2n) is 4.12. The van der Waals surface area contributed by atoms with Crippen LogP contribution in [0.1, 0.15) is 39.0 Å². The van der Waals surface area contributed by atoms with Gasteiger partial charge in [-0.05, 0) is 31.3 Å².